The number of halogens is 1. The fraction of sp³-hybridized carbons (Fsp3) is 0.250. The minimum atomic E-state index is 0.416. The highest BCUT2D eigenvalue weighted by molar-refractivity contribution is 6.17. The standard InChI is InChI=1S/C16H17Cl/c1-12-8-9-14(11-17)10-16(12)13(2)15-6-4-3-5-7-15/h3-10,13H,11H2,1-2H3. The highest BCUT2D eigenvalue weighted by Crippen LogP contribution is 2.27. The van der Waals surface area contributed by atoms with Crippen LogP contribution in [0.5, 0.6) is 0 Å². The summed E-state index contributed by atoms with van der Waals surface area (Å²) in [5.74, 6) is 0.994. The van der Waals surface area contributed by atoms with E-state index in [1.165, 1.54) is 22.3 Å². The summed E-state index contributed by atoms with van der Waals surface area (Å²) in [5, 5.41) is 0. The molecular weight excluding hydrogens is 228 g/mol. The van der Waals surface area contributed by atoms with Crippen LogP contribution in [0.25, 0.3) is 0 Å². The van der Waals surface area contributed by atoms with Crippen molar-refractivity contribution in [2.24, 2.45) is 0 Å². The van der Waals surface area contributed by atoms with Gasteiger partial charge >= 0.3 is 0 Å². The van der Waals surface area contributed by atoms with Crippen LogP contribution in [0.4, 0.5) is 0 Å². The van der Waals surface area contributed by atoms with Crippen molar-refractivity contribution in [2.45, 2.75) is 25.6 Å². The zero-order valence-electron chi connectivity index (χ0n) is 10.3. The predicted octanol–water partition coefficient (Wildman–Crippen LogP) is 4.89. The number of hydrogen-bond acceptors (Lipinski definition) is 0. The van der Waals surface area contributed by atoms with Gasteiger partial charge in [0.2, 0.25) is 0 Å². The predicted molar refractivity (Wildman–Crippen MR) is 74.7 cm³/mol. The van der Waals surface area contributed by atoms with Gasteiger partial charge in [-0.05, 0) is 29.2 Å². The topological polar surface area (TPSA) is 0 Å². The zero-order chi connectivity index (χ0) is 12.3. The number of rotatable bonds is 3. The van der Waals surface area contributed by atoms with E-state index < -0.39 is 0 Å². The lowest BCUT2D eigenvalue weighted by Crippen LogP contribution is -1.99. The Morgan fingerprint density at radius 2 is 1.76 bits per heavy atom. The Bertz CT molecular complexity index is 488. The van der Waals surface area contributed by atoms with E-state index in [-0.39, 0.29) is 0 Å². The van der Waals surface area contributed by atoms with Crippen LogP contribution in [-0.2, 0) is 5.88 Å². The van der Waals surface area contributed by atoms with Crippen LogP contribution in [0.15, 0.2) is 48.5 Å². The molecule has 2 rings (SSSR count). The number of aryl methyl sites for hydroxylation is 1. The molecule has 0 amide bonds. The van der Waals surface area contributed by atoms with Crippen LogP contribution < -0.4 is 0 Å². The average Bonchev–Trinajstić information content (AvgIpc) is 2.39. The molecule has 0 bridgehead atoms. The Balaban J connectivity index is 2.40. The van der Waals surface area contributed by atoms with Gasteiger partial charge in [0.25, 0.3) is 0 Å². The van der Waals surface area contributed by atoms with E-state index in [4.69, 9.17) is 11.6 Å². The summed E-state index contributed by atoms with van der Waals surface area (Å²) < 4.78 is 0. The first kappa shape index (κ1) is 12.2. The van der Waals surface area contributed by atoms with Gasteiger partial charge in [0.1, 0.15) is 0 Å². The van der Waals surface area contributed by atoms with Gasteiger partial charge in [-0.3, -0.25) is 0 Å². The van der Waals surface area contributed by atoms with Gasteiger partial charge in [0, 0.05) is 11.8 Å². The Morgan fingerprint density at radius 3 is 2.41 bits per heavy atom. The van der Waals surface area contributed by atoms with Crippen LogP contribution >= 0.6 is 11.6 Å². The molecule has 0 N–H and O–H groups in total. The van der Waals surface area contributed by atoms with E-state index in [9.17, 15) is 0 Å². The van der Waals surface area contributed by atoms with Gasteiger partial charge in [-0.25, -0.2) is 0 Å². The van der Waals surface area contributed by atoms with E-state index in [0.717, 1.165) is 0 Å². The Morgan fingerprint density at radius 1 is 1.06 bits per heavy atom. The van der Waals surface area contributed by atoms with E-state index in [0.29, 0.717) is 11.8 Å². The fourth-order valence-electron chi connectivity index (χ4n) is 2.16. The molecule has 0 aliphatic heterocycles. The molecule has 0 nitrogen and oxygen atoms in total. The smallest absolute Gasteiger partial charge is 0.0474 e. The Labute approximate surface area is 108 Å². The Kier molecular flexibility index (Phi) is 3.86. The molecule has 0 aromatic heterocycles. The normalized spacial score (nSPS) is 12.4. The van der Waals surface area contributed by atoms with Crippen molar-refractivity contribution in [2.75, 3.05) is 0 Å². The van der Waals surface area contributed by atoms with Crippen molar-refractivity contribution in [3.63, 3.8) is 0 Å². The second-order valence-electron chi connectivity index (χ2n) is 4.46. The lowest BCUT2D eigenvalue weighted by Gasteiger charge is -2.16. The first-order valence-corrected chi connectivity index (χ1v) is 6.46. The zero-order valence-corrected chi connectivity index (χ0v) is 11.0. The van der Waals surface area contributed by atoms with Gasteiger partial charge in [-0.1, -0.05) is 55.5 Å². The number of hydrogen-bond donors (Lipinski definition) is 0. The first-order chi connectivity index (χ1) is 8.22. The second-order valence-corrected chi connectivity index (χ2v) is 4.72. The lowest BCUT2D eigenvalue weighted by atomic mass is 9.89. The molecule has 2 aromatic carbocycles. The summed E-state index contributed by atoms with van der Waals surface area (Å²) in [6.07, 6.45) is 0. The molecule has 0 aliphatic carbocycles. The third kappa shape index (κ3) is 2.70. The maximum absolute atomic E-state index is 5.90. The quantitative estimate of drug-likeness (QED) is 0.675. The molecule has 0 aliphatic rings. The molecular formula is C16H17Cl. The maximum atomic E-state index is 5.90. The lowest BCUT2D eigenvalue weighted by molar-refractivity contribution is 0.907. The van der Waals surface area contributed by atoms with Crippen LogP contribution in [0.3, 0.4) is 0 Å². The maximum Gasteiger partial charge on any atom is 0.0474 e. The second kappa shape index (κ2) is 5.37. The van der Waals surface area contributed by atoms with Crippen LogP contribution in [0, 0.1) is 6.92 Å². The monoisotopic (exact) mass is 244 g/mol. The molecule has 1 atom stereocenters. The van der Waals surface area contributed by atoms with Crippen molar-refractivity contribution in [1.82, 2.24) is 0 Å². The van der Waals surface area contributed by atoms with Crippen molar-refractivity contribution in [3.8, 4) is 0 Å². The summed E-state index contributed by atoms with van der Waals surface area (Å²) in [4.78, 5) is 0. The van der Waals surface area contributed by atoms with E-state index in [2.05, 4.69) is 62.4 Å². The summed E-state index contributed by atoms with van der Waals surface area (Å²) in [6, 6.07) is 17.1. The van der Waals surface area contributed by atoms with E-state index >= 15 is 0 Å². The van der Waals surface area contributed by atoms with Gasteiger partial charge in [0.15, 0.2) is 0 Å². The molecule has 0 saturated carbocycles. The summed E-state index contributed by atoms with van der Waals surface area (Å²) in [5.41, 5.74) is 5.24. The molecule has 1 heteroatoms. The number of benzene rings is 2. The molecule has 0 spiro atoms. The van der Waals surface area contributed by atoms with Crippen molar-refractivity contribution < 1.29 is 0 Å². The molecule has 0 radical (unpaired) electrons. The SMILES string of the molecule is Cc1ccc(CCl)cc1C(C)c1ccccc1. The minimum absolute atomic E-state index is 0.416. The molecule has 0 fully saturated rings. The number of alkyl halides is 1. The van der Waals surface area contributed by atoms with Crippen molar-refractivity contribution >= 4 is 11.6 Å². The molecule has 17 heavy (non-hydrogen) atoms. The average molecular weight is 245 g/mol. The molecule has 0 heterocycles. The van der Waals surface area contributed by atoms with Crippen LogP contribution in [-0.4, -0.2) is 0 Å². The highest BCUT2D eigenvalue weighted by Gasteiger charge is 2.10. The van der Waals surface area contributed by atoms with Crippen LogP contribution in [0.1, 0.15) is 35.1 Å². The fourth-order valence-corrected chi connectivity index (χ4v) is 2.33. The van der Waals surface area contributed by atoms with E-state index in [1.54, 1.807) is 0 Å². The van der Waals surface area contributed by atoms with Gasteiger partial charge < -0.3 is 0 Å². The third-order valence-electron chi connectivity index (χ3n) is 3.26. The first-order valence-electron chi connectivity index (χ1n) is 5.92. The van der Waals surface area contributed by atoms with Gasteiger partial charge in [-0.2, -0.15) is 0 Å². The van der Waals surface area contributed by atoms with Gasteiger partial charge in [-0.15, -0.1) is 11.6 Å². The van der Waals surface area contributed by atoms with Crippen molar-refractivity contribution in [1.29, 1.82) is 0 Å². The highest BCUT2D eigenvalue weighted by atomic mass is 35.5. The third-order valence-corrected chi connectivity index (χ3v) is 3.57. The molecule has 88 valence electrons. The molecule has 1 unspecified atom stereocenters. The van der Waals surface area contributed by atoms with Crippen LogP contribution in [0.2, 0.25) is 0 Å². The minimum Gasteiger partial charge on any atom is -0.122 e. The largest absolute Gasteiger partial charge is 0.122 e. The summed E-state index contributed by atoms with van der Waals surface area (Å²) in [7, 11) is 0. The molecule has 2 aromatic rings. The van der Waals surface area contributed by atoms with Gasteiger partial charge in [0.05, 0.1) is 0 Å². The Hall–Kier alpha value is -1.27. The summed E-state index contributed by atoms with van der Waals surface area (Å²) in [6.45, 7) is 4.41. The summed E-state index contributed by atoms with van der Waals surface area (Å²) >= 11 is 5.90. The van der Waals surface area contributed by atoms with E-state index in [1.807, 2.05) is 0 Å². The molecule has 0 saturated heterocycles. The van der Waals surface area contributed by atoms with Crippen molar-refractivity contribution in [3.05, 3.63) is 70.8 Å².